The van der Waals surface area contributed by atoms with Crippen LogP contribution >= 0.6 is 0 Å². The third-order valence-electron chi connectivity index (χ3n) is 5.38. The van der Waals surface area contributed by atoms with Crippen molar-refractivity contribution < 1.29 is 26.5 Å². The van der Waals surface area contributed by atoms with Gasteiger partial charge in [-0.3, -0.25) is 8.86 Å². The van der Waals surface area contributed by atoms with Crippen LogP contribution in [0.1, 0.15) is 6.92 Å². The minimum absolute atomic E-state index is 0.0970. The largest absolute Gasteiger partial charge is 0.505 e. The molecule has 0 saturated carbocycles. The van der Waals surface area contributed by atoms with Crippen molar-refractivity contribution in [3.8, 4) is 5.75 Å². The van der Waals surface area contributed by atoms with Gasteiger partial charge in [0.1, 0.15) is 21.2 Å². The first-order valence-corrected chi connectivity index (χ1v) is 13.5. The smallest absolute Gasteiger partial charge is 0.296 e. The van der Waals surface area contributed by atoms with E-state index in [0.717, 1.165) is 6.07 Å². The second-order valence-corrected chi connectivity index (χ2v) is 10.9. The fourth-order valence-electron chi connectivity index (χ4n) is 3.72. The molecule has 0 amide bonds. The molecule has 4 aromatic carbocycles. The first-order chi connectivity index (χ1) is 17.0. The second kappa shape index (κ2) is 9.57. The Kier molecular flexibility index (Phi) is 6.67. The molecule has 0 aromatic heterocycles. The Hall–Kier alpha value is -4.00. The highest BCUT2D eigenvalue weighted by atomic mass is 32.2. The summed E-state index contributed by atoms with van der Waals surface area (Å²) in [6.45, 7) is 1.82. The number of phenolic OH excluding ortho intramolecular Hbond substituents is 1. The number of nitrogens with zero attached hydrogens (tertiary/aromatic N) is 3. The maximum Gasteiger partial charge on any atom is 0.296 e. The normalized spacial score (nSPS) is 12.3. The molecule has 0 unspecified atom stereocenters. The van der Waals surface area contributed by atoms with Gasteiger partial charge in [0.25, 0.3) is 20.1 Å². The van der Waals surface area contributed by atoms with E-state index in [4.69, 9.17) is 5.73 Å². The van der Waals surface area contributed by atoms with Gasteiger partial charge in [-0.15, -0.1) is 10.2 Å². The van der Waals surface area contributed by atoms with Gasteiger partial charge in [-0.25, -0.2) is 8.42 Å². The lowest BCUT2D eigenvalue weighted by molar-refractivity contribution is 0.472. The van der Waals surface area contributed by atoms with Gasteiger partial charge in [-0.1, -0.05) is 36.4 Å². The van der Waals surface area contributed by atoms with Crippen molar-refractivity contribution in [2.24, 2.45) is 10.2 Å². The van der Waals surface area contributed by atoms with Gasteiger partial charge < -0.3 is 10.8 Å². The summed E-state index contributed by atoms with van der Waals surface area (Å²) in [5.74, 6) is -0.587. The summed E-state index contributed by atoms with van der Waals surface area (Å²) in [6.07, 6.45) is 0. The Morgan fingerprint density at radius 2 is 1.53 bits per heavy atom. The van der Waals surface area contributed by atoms with E-state index in [-0.39, 0.29) is 27.9 Å². The molecular formula is C24H22N4O6S2. The van der Waals surface area contributed by atoms with Crippen molar-refractivity contribution in [3.63, 3.8) is 0 Å². The molecule has 186 valence electrons. The summed E-state index contributed by atoms with van der Waals surface area (Å²) >= 11 is 0. The van der Waals surface area contributed by atoms with E-state index in [1.54, 1.807) is 37.3 Å². The summed E-state index contributed by atoms with van der Waals surface area (Å²) in [6, 6.07) is 19.8. The van der Waals surface area contributed by atoms with E-state index in [1.165, 1.54) is 46.8 Å². The number of hydrogen-bond acceptors (Lipinski definition) is 8. The monoisotopic (exact) mass is 526 g/mol. The number of nitrogens with two attached hydrogens (primary N) is 1. The lowest BCUT2D eigenvalue weighted by atomic mass is 10.1. The lowest BCUT2D eigenvalue weighted by Gasteiger charge is -2.23. The number of benzene rings is 4. The Morgan fingerprint density at radius 3 is 2.19 bits per heavy atom. The average molecular weight is 527 g/mol. The van der Waals surface area contributed by atoms with Gasteiger partial charge >= 0.3 is 0 Å². The molecule has 0 radical (unpaired) electrons. The van der Waals surface area contributed by atoms with Crippen molar-refractivity contribution in [2.75, 3.05) is 16.6 Å². The number of rotatable bonds is 7. The minimum Gasteiger partial charge on any atom is -0.505 e. The zero-order valence-corrected chi connectivity index (χ0v) is 20.6. The SMILES string of the molecule is CCN(c1ccccc1)S(=O)(=O)c1ccccc1N=Nc1c(S(=O)(=O)O)cc2ccc(N)cc2c1O. The maximum atomic E-state index is 13.5. The maximum absolute atomic E-state index is 13.5. The number of anilines is 2. The molecule has 0 fully saturated rings. The molecule has 0 heterocycles. The molecule has 4 rings (SSSR count). The molecule has 0 saturated heterocycles. The summed E-state index contributed by atoms with van der Waals surface area (Å²) in [5.41, 5.74) is 5.88. The van der Waals surface area contributed by atoms with Gasteiger partial charge in [-0.05, 0) is 54.8 Å². The molecule has 0 aliphatic heterocycles. The van der Waals surface area contributed by atoms with E-state index >= 15 is 0 Å². The Labute approximate surface area is 208 Å². The summed E-state index contributed by atoms with van der Waals surface area (Å²) in [4.78, 5) is -0.877. The van der Waals surface area contributed by atoms with E-state index < -0.39 is 36.5 Å². The van der Waals surface area contributed by atoms with Gasteiger partial charge in [0.2, 0.25) is 0 Å². The van der Waals surface area contributed by atoms with Crippen molar-refractivity contribution in [1.29, 1.82) is 0 Å². The molecule has 10 nitrogen and oxygen atoms in total. The van der Waals surface area contributed by atoms with Crippen LogP contribution in [0.15, 0.2) is 98.9 Å². The molecule has 0 aliphatic carbocycles. The highest BCUT2D eigenvalue weighted by molar-refractivity contribution is 7.93. The predicted octanol–water partition coefficient (Wildman–Crippen LogP) is 5.00. The lowest BCUT2D eigenvalue weighted by Crippen LogP contribution is -2.30. The van der Waals surface area contributed by atoms with Crippen LogP contribution in [0.4, 0.5) is 22.7 Å². The average Bonchev–Trinajstić information content (AvgIpc) is 2.84. The van der Waals surface area contributed by atoms with Crippen LogP contribution in [0.3, 0.4) is 0 Å². The van der Waals surface area contributed by atoms with Crippen LogP contribution in [0.25, 0.3) is 10.8 Å². The fraction of sp³-hybridized carbons (Fsp3) is 0.0833. The summed E-state index contributed by atoms with van der Waals surface area (Å²) < 4.78 is 62.1. The van der Waals surface area contributed by atoms with Crippen LogP contribution in [0.5, 0.6) is 5.75 Å². The Morgan fingerprint density at radius 1 is 0.861 bits per heavy atom. The van der Waals surface area contributed by atoms with Crippen LogP contribution < -0.4 is 10.0 Å². The predicted molar refractivity (Wildman–Crippen MR) is 137 cm³/mol. The van der Waals surface area contributed by atoms with E-state index in [2.05, 4.69) is 10.2 Å². The number of para-hydroxylation sites is 1. The first-order valence-electron chi connectivity index (χ1n) is 10.6. The zero-order valence-electron chi connectivity index (χ0n) is 19.0. The number of hydrogen-bond donors (Lipinski definition) is 3. The van der Waals surface area contributed by atoms with Crippen molar-refractivity contribution in [3.05, 3.63) is 78.9 Å². The minimum atomic E-state index is -4.83. The van der Waals surface area contributed by atoms with Gasteiger partial charge in [0.15, 0.2) is 5.75 Å². The number of aromatic hydroxyl groups is 1. The Balaban J connectivity index is 1.88. The molecular weight excluding hydrogens is 504 g/mol. The van der Waals surface area contributed by atoms with Crippen LogP contribution in [-0.4, -0.2) is 33.0 Å². The molecule has 0 bridgehead atoms. The summed E-state index contributed by atoms with van der Waals surface area (Å²) in [5, 5.41) is 19.1. The van der Waals surface area contributed by atoms with Crippen molar-refractivity contribution in [2.45, 2.75) is 16.7 Å². The third kappa shape index (κ3) is 4.73. The van der Waals surface area contributed by atoms with Crippen LogP contribution in [0, 0.1) is 0 Å². The fourth-order valence-corrected chi connectivity index (χ4v) is 5.98. The number of fused-ring (bicyclic) bond motifs is 1. The molecule has 4 aromatic rings. The number of nitrogen functional groups attached to an aromatic ring is 1. The quantitative estimate of drug-likeness (QED) is 0.173. The Bertz CT molecular complexity index is 1690. The van der Waals surface area contributed by atoms with Crippen LogP contribution in [-0.2, 0) is 20.1 Å². The van der Waals surface area contributed by atoms with E-state index in [0.29, 0.717) is 11.4 Å². The van der Waals surface area contributed by atoms with E-state index in [9.17, 15) is 26.5 Å². The zero-order chi connectivity index (χ0) is 26.1. The molecule has 12 heteroatoms. The third-order valence-corrected chi connectivity index (χ3v) is 8.19. The van der Waals surface area contributed by atoms with Crippen LogP contribution in [0.2, 0.25) is 0 Å². The second-order valence-electron chi connectivity index (χ2n) is 7.70. The van der Waals surface area contributed by atoms with E-state index in [1.807, 2.05) is 0 Å². The molecule has 0 aliphatic rings. The number of phenols is 1. The van der Waals surface area contributed by atoms with Gasteiger partial charge in [0.05, 0.1) is 5.69 Å². The number of azo groups is 1. The van der Waals surface area contributed by atoms with Gasteiger partial charge in [-0.2, -0.15) is 8.42 Å². The van der Waals surface area contributed by atoms with Crippen molar-refractivity contribution in [1.82, 2.24) is 0 Å². The standard InChI is InChI=1S/C24H22N4O6S2/c1-2-28(18-8-4-3-5-9-18)35(30,31)21-11-7-6-10-20(21)26-27-23-22(36(32,33)34)14-16-12-13-17(25)15-19(16)24(23)29/h3-15,29H,2,25H2,1H3,(H,32,33,34). The highest BCUT2D eigenvalue weighted by Gasteiger charge is 2.27. The van der Waals surface area contributed by atoms with Gasteiger partial charge in [0, 0.05) is 17.6 Å². The first kappa shape index (κ1) is 25.1. The highest BCUT2D eigenvalue weighted by Crippen LogP contribution is 2.42. The summed E-state index contributed by atoms with van der Waals surface area (Å²) in [7, 11) is -8.92. The molecule has 4 N–H and O–H groups in total. The topological polar surface area (TPSA) is 163 Å². The van der Waals surface area contributed by atoms with Crippen molar-refractivity contribution >= 4 is 53.7 Å². The molecule has 36 heavy (non-hydrogen) atoms. The molecule has 0 atom stereocenters. The number of sulfonamides is 1. The molecule has 0 spiro atoms.